The van der Waals surface area contributed by atoms with Crippen LogP contribution in [0.5, 0.6) is 0 Å². The third-order valence-corrected chi connectivity index (χ3v) is 9.10. The van der Waals surface area contributed by atoms with E-state index in [1.165, 1.54) is 39.9 Å². The van der Waals surface area contributed by atoms with Gasteiger partial charge in [-0.25, -0.2) is 8.42 Å². The number of anilines is 1. The third-order valence-electron chi connectivity index (χ3n) is 6.23. The van der Waals surface area contributed by atoms with Gasteiger partial charge >= 0.3 is 5.97 Å². The van der Waals surface area contributed by atoms with Gasteiger partial charge in [-0.05, 0) is 67.8 Å². The molecular weight excluding hydrogens is 510 g/mol. The van der Waals surface area contributed by atoms with E-state index in [4.69, 9.17) is 4.74 Å². The van der Waals surface area contributed by atoms with Crippen molar-refractivity contribution >= 4 is 49.1 Å². The number of esters is 1. The molecule has 190 valence electrons. The summed E-state index contributed by atoms with van der Waals surface area (Å²) in [6.45, 7) is 4.23. The van der Waals surface area contributed by atoms with Crippen LogP contribution in [0.3, 0.4) is 0 Å². The van der Waals surface area contributed by atoms with Crippen molar-refractivity contribution in [2.75, 3.05) is 17.5 Å². The number of benzene rings is 3. The van der Waals surface area contributed by atoms with Gasteiger partial charge in [-0.15, -0.1) is 0 Å². The number of aromatic nitrogens is 1. The zero-order chi connectivity index (χ0) is 26.2. The van der Waals surface area contributed by atoms with Gasteiger partial charge in [-0.3, -0.25) is 13.9 Å². The molecule has 0 unspecified atom stereocenters. The Balaban J connectivity index is 1.47. The quantitative estimate of drug-likeness (QED) is 0.347. The fraction of sp³-hybridized carbons (Fsp3) is 0.222. The number of hydrogen-bond donors (Lipinski definition) is 0. The molecule has 0 bridgehead atoms. The Hall–Kier alpha value is -3.76. The molecule has 3 aromatic carbocycles. The van der Waals surface area contributed by atoms with E-state index >= 15 is 0 Å². The minimum atomic E-state index is -3.76. The molecule has 4 aromatic rings. The monoisotopic (exact) mass is 535 g/mol. The maximum Gasteiger partial charge on any atom is 0.326 e. The van der Waals surface area contributed by atoms with Crippen molar-refractivity contribution in [3.05, 3.63) is 88.2 Å². The minimum Gasteiger partial charge on any atom is -0.465 e. The molecule has 5 rings (SSSR count). The first kappa shape index (κ1) is 24.9. The molecule has 1 aliphatic rings. The highest BCUT2D eigenvalue weighted by Gasteiger charge is 2.30. The van der Waals surface area contributed by atoms with E-state index in [1.807, 2.05) is 43.3 Å². The number of aryl methyl sites for hydroxylation is 1. The summed E-state index contributed by atoms with van der Waals surface area (Å²) in [6.07, 6.45) is 0.658. The zero-order valence-electron chi connectivity index (χ0n) is 20.4. The van der Waals surface area contributed by atoms with Crippen LogP contribution in [0, 0.1) is 6.92 Å². The molecule has 10 heteroatoms. The summed E-state index contributed by atoms with van der Waals surface area (Å²) < 4.78 is 35.6. The van der Waals surface area contributed by atoms with Gasteiger partial charge in [-0.2, -0.15) is 4.99 Å². The fourth-order valence-corrected chi connectivity index (χ4v) is 7.09. The van der Waals surface area contributed by atoms with E-state index in [9.17, 15) is 18.0 Å². The highest BCUT2D eigenvalue weighted by atomic mass is 32.2. The van der Waals surface area contributed by atoms with Crippen LogP contribution in [0.1, 0.15) is 28.4 Å². The number of para-hydroxylation sites is 2. The van der Waals surface area contributed by atoms with Crippen molar-refractivity contribution in [3.8, 4) is 0 Å². The summed E-state index contributed by atoms with van der Waals surface area (Å²) in [7, 11) is -3.76. The first-order valence-corrected chi connectivity index (χ1v) is 14.1. The topological polar surface area (TPSA) is 98.0 Å². The fourth-order valence-electron chi connectivity index (χ4n) is 4.48. The Morgan fingerprint density at radius 1 is 1.03 bits per heavy atom. The van der Waals surface area contributed by atoms with Gasteiger partial charge in [-0.1, -0.05) is 41.7 Å². The molecule has 0 fully saturated rings. The maximum atomic E-state index is 13.3. The van der Waals surface area contributed by atoms with Crippen molar-refractivity contribution in [1.82, 2.24) is 4.57 Å². The predicted molar refractivity (Wildman–Crippen MR) is 142 cm³/mol. The van der Waals surface area contributed by atoms with Crippen molar-refractivity contribution in [3.63, 3.8) is 0 Å². The number of sulfonamides is 1. The van der Waals surface area contributed by atoms with E-state index in [2.05, 4.69) is 4.99 Å². The largest absolute Gasteiger partial charge is 0.465 e. The average molecular weight is 536 g/mol. The van der Waals surface area contributed by atoms with Crippen LogP contribution in [-0.2, 0) is 32.5 Å². The van der Waals surface area contributed by atoms with Crippen LogP contribution in [0.15, 0.2) is 76.6 Å². The van der Waals surface area contributed by atoms with Crippen LogP contribution >= 0.6 is 11.3 Å². The number of rotatable bonds is 6. The molecular formula is C27H25N3O5S2. The Morgan fingerprint density at radius 3 is 2.54 bits per heavy atom. The Kier molecular flexibility index (Phi) is 6.70. The van der Waals surface area contributed by atoms with Crippen LogP contribution in [0.2, 0.25) is 0 Å². The van der Waals surface area contributed by atoms with E-state index in [-0.39, 0.29) is 23.6 Å². The van der Waals surface area contributed by atoms with Crippen LogP contribution in [0.25, 0.3) is 10.2 Å². The number of thiazole rings is 1. The number of fused-ring (bicyclic) bond motifs is 2. The Morgan fingerprint density at radius 2 is 1.78 bits per heavy atom. The van der Waals surface area contributed by atoms with Crippen molar-refractivity contribution in [1.29, 1.82) is 0 Å². The van der Waals surface area contributed by atoms with Crippen LogP contribution in [0.4, 0.5) is 5.69 Å². The summed E-state index contributed by atoms with van der Waals surface area (Å²) in [6, 6.07) is 19.0. The molecule has 2 heterocycles. The van der Waals surface area contributed by atoms with E-state index in [0.717, 1.165) is 21.3 Å². The smallest absolute Gasteiger partial charge is 0.326 e. The summed E-state index contributed by atoms with van der Waals surface area (Å²) in [5, 5.41) is 0. The maximum absolute atomic E-state index is 13.3. The molecule has 0 radical (unpaired) electrons. The number of nitrogens with zero attached hydrogens (tertiary/aromatic N) is 3. The Labute approximate surface area is 218 Å². The summed E-state index contributed by atoms with van der Waals surface area (Å²) >= 11 is 1.30. The summed E-state index contributed by atoms with van der Waals surface area (Å²) in [5.41, 5.74) is 3.69. The lowest BCUT2D eigenvalue weighted by Crippen LogP contribution is -2.29. The van der Waals surface area contributed by atoms with Crippen LogP contribution in [-0.4, -0.2) is 38.0 Å². The standard InChI is InChI=1S/C27H25N3O5S2/c1-3-35-24(31)17-29-25-18(2)7-6-10-23(25)36-27(29)28-26(32)20-11-13-21(14-12-20)37(33,34)30-16-15-19-8-4-5-9-22(19)30/h4-14H,3,15-17H2,1-2H3. The van der Waals surface area contributed by atoms with E-state index < -0.39 is 21.9 Å². The zero-order valence-corrected chi connectivity index (χ0v) is 22.0. The lowest BCUT2D eigenvalue weighted by atomic mass is 10.2. The van der Waals surface area contributed by atoms with Gasteiger partial charge < -0.3 is 9.30 Å². The molecule has 0 aliphatic carbocycles. The Bertz CT molecular complexity index is 1690. The first-order chi connectivity index (χ1) is 17.8. The van der Waals surface area contributed by atoms with Crippen molar-refractivity contribution in [2.45, 2.75) is 31.7 Å². The molecule has 1 amide bonds. The molecule has 0 N–H and O–H groups in total. The normalized spacial score (nSPS) is 13.7. The predicted octanol–water partition coefficient (Wildman–Crippen LogP) is 4.07. The summed E-state index contributed by atoms with van der Waals surface area (Å²) in [4.78, 5) is 30.1. The molecule has 0 atom stereocenters. The molecule has 0 saturated carbocycles. The van der Waals surface area contributed by atoms with Gasteiger partial charge in [0.05, 0.1) is 27.4 Å². The second-order valence-corrected chi connectivity index (χ2v) is 11.5. The van der Waals surface area contributed by atoms with Crippen molar-refractivity contribution in [2.24, 2.45) is 4.99 Å². The number of carbonyl (C=O) groups is 2. The first-order valence-electron chi connectivity index (χ1n) is 11.8. The summed E-state index contributed by atoms with van der Waals surface area (Å²) in [5.74, 6) is -0.949. The SMILES string of the molecule is CCOC(=O)Cn1c(=NC(=O)c2ccc(S(=O)(=O)N3CCc4ccccc43)cc2)sc2cccc(C)c21. The van der Waals surface area contributed by atoms with Gasteiger partial charge in [0.1, 0.15) is 6.54 Å². The number of ether oxygens (including phenoxy) is 1. The molecule has 37 heavy (non-hydrogen) atoms. The molecule has 8 nitrogen and oxygen atoms in total. The average Bonchev–Trinajstić information content (AvgIpc) is 3.47. The molecule has 0 spiro atoms. The lowest BCUT2D eigenvalue weighted by Gasteiger charge is -2.19. The third kappa shape index (κ3) is 4.70. The second kappa shape index (κ2) is 9.95. The molecule has 1 aliphatic heterocycles. The highest BCUT2D eigenvalue weighted by Crippen LogP contribution is 2.32. The van der Waals surface area contributed by atoms with Gasteiger partial charge in [0.25, 0.3) is 15.9 Å². The number of amides is 1. The lowest BCUT2D eigenvalue weighted by molar-refractivity contribution is -0.143. The van der Waals surface area contributed by atoms with Crippen LogP contribution < -0.4 is 9.11 Å². The highest BCUT2D eigenvalue weighted by molar-refractivity contribution is 7.92. The van der Waals surface area contributed by atoms with Gasteiger partial charge in [0.2, 0.25) is 0 Å². The minimum absolute atomic E-state index is 0.0701. The van der Waals surface area contributed by atoms with Gasteiger partial charge in [0, 0.05) is 12.1 Å². The van der Waals surface area contributed by atoms with Gasteiger partial charge in [0.15, 0.2) is 4.80 Å². The molecule has 1 aromatic heterocycles. The second-order valence-electron chi connectivity index (χ2n) is 8.59. The van der Waals surface area contributed by atoms with E-state index in [0.29, 0.717) is 23.5 Å². The van der Waals surface area contributed by atoms with E-state index in [1.54, 1.807) is 17.6 Å². The number of hydrogen-bond acceptors (Lipinski definition) is 6. The molecule has 0 saturated heterocycles. The number of carbonyl (C=O) groups excluding carboxylic acids is 2. The van der Waals surface area contributed by atoms with Crippen molar-refractivity contribution < 1.29 is 22.7 Å².